The van der Waals surface area contributed by atoms with E-state index in [0.717, 1.165) is 22.1 Å². The predicted octanol–water partition coefficient (Wildman–Crippen LogP) is 4.84. The molecule has 3 rings (SSSR count). The SMILES string of the molecule is Cc1cc(NC(=O)[C@H](C)[n+]2ccc(Cc3ccccc3)cc2)ccc1Br. The summed E-state index contributed by atoms with van der Waals surface area (Å²) in [6.45, 7) is 3.90. The molecule has 3 aromatic rings. The molecule has 0 fully saturated rings. The molecular weight excluding hydrogens is 388 g/mol. The van der Waals surface area contributed by atoms with E-state index in [1.165, 1.54) is 11.1 Å². The summed E-state index contributed by atoms with van der Waals surface area (Å²) in [5.74, 6) is -0.0347. The highest BCUT2D eigenvalue weighted by Gasteiger charge is 2.21. The molecule has 132 valence electrons. The topological polar surface area (TPSA) is 33.0 Å². The quantitative estimate of drug-likeness (QED) is 0.601. The fraction of sp³-hybridized carbons (Fsp3) is 0.182. The van der Waals surface area contributed by atoms with Gasteiger partial charge in [-0.05, 0) is 48.2 Å². The normalized spacial score (nSPS) is 11.8. The third-order valence-corrected chi connectivity index (χ3v) is 5.31. The van der Waals surface area contributed by atoms with E-state index in [0.29, 0.717) is 0 Å². The Morgan fingerprint density at radius 1 is 1.04 bits per heavy atom. The number of hydrogen-bond donors (Lipinski definition) is 1. The Morgan fingerprint density at radius 3 is 2.35 bits per heavy atom. The molecule has 3 nitrogen and oxygen atoms in total. The Labute approximate surface area is 162 Å². The summed E-state index contributed by atoms with van der Waals surface area (Å²) < 4.78 is 2.96. The maximum atomic E-state index is 12.5. The minimum absolute atomic E-state index is 0.0347. The van der Waals surface area contributed by atoms with Crippen LogP contribution in [0.3, 0.4) is 0 Å². The first kappa shape index (κ1) is 18.3. The van der Waals surface area contributed by atoms with Gasteiger partial charge in [0.1, 0.15) is 0 Å². The van der Waals surface area contributed by atoms with Gasteiger partial charge in [-0.25, -0.2) is 0 Å². The van der Waals surface area contributed by atoms with Crippen molar-refractivity contribution in [3.8, 4) is 0 Å². The number of carbonyl (C=O) groups is 1. The number of aromatic nitrogens is 1. The maximum Gasteiger partial charge on any atom is 0.293 e. The van der Waals surface area contributed by atoms with Gasteiger partial charge in [0, 0.05) is 29.2 Å². The summed E-state index contributed by atoms with van der Waals surface area (Å²) in [6.07, 6.45) is 4.82. The van der Waals surface area contributed by atoms with Gasteiger partial charge in [-0.1, -0.05) is 46.3 Å². The van der Waals surface area contributed by atoms with Gasteiger partial charge in [-0.3, -0.25) is 4.79 Å². The predicted molar refractivity (Wildman–Crippen MR) is 108 cm³/mol. The first-order chi connectivity index (χ1) is 12.5. The molecule has 1 atom stereocenters. The molecule has 2 aromatic carbocycles. The summed E-state index contributed by atoms with van der Waals surface area (Å²) in [4.78, 5) is 12.5. The lowest BCUT2D eigenvalue weighted by Gasteiger charge is -2.10. The van der Waals surface area contributed by atoms with Crippen LogP contribution in [0.25, 0.3) is 0 Å². The van der Waals surface area contributed by atoms with Crippen molar-refractivity contribution in [3.63, 3.8) is 0 Å². The Balaban J connectivity index is 1.66. The number of hydrogen-bond acceptors (Lipinski definition) is 1. The van der Waals surface area contributed by atoms with Crippen LogP contribution in [0.15, 0.2) is 77.5 Å². The minimum Gasteiger partial charge on any atom is -0.320 e. The number of pyridine rings is 1. The van der Waals surface area contributed by atoms with Gasteiger partial charge in [0.15, 0.2) is 12.4 Å². The smallest absolute Gasteiger partial charge is 0.293 e. The average molecular weight is 410 g/mol. The van der Waals surface area contributed by atoms with Crippen molar-refractivity contribution in [1.82, 2.24) is 0 Å². The number of aryl methyl sites for hydroxylation is 1. The molecule has 0 saturated carbocycles. The minimum atomic E-state index is -0.287. The van der Waals surface area contributed by atoms with E-state index >= 15 is 0 Å². The van der Waals surface area contributed by atoms with E-state index in [-0.39, 0.29) is 11.9 Å². The largest absolute Gasteiger partial charge is 0.320 e. The molecule has 0 aliphatic carbocycles. The van der Waals surface area contributed by atoms with E-state index in [1.54, 1.807) is 0 Å². The molecule has 0 aliphatic heterocycles. The second-order valence-corrected chi connectivity index (χ2v) is 7.30. The lowest BCUT2D eigenvalue weighted by atomic mass is 10.1. The van der Waals surface area contributed by atoms with Crippen molar-refractivity contribution in [2.45, 2.75) is 26.3 Å². The van der Waals surface area contributed by atoms with Gasteiger partial charge in [-0.15, -0.1) is 0 Å². The summed E-state index contributed by atoms with van der Waals surface area (Å²) in [5, 5.41) is 2.98. The fourth-order valence-corrected chi connectivity index (χ4v) is 3.03. The van der Waals surface area contributed by atoms with Crippen LogP contribution >= 0.6 is 15.9 Å². The highest BCUT2D eigenvalue weighted by Crippen LogP contribution is 2.20. The van der Waals surface area contributed by atoms with Gasteiger partial charge in [0.2, 0.25) is 6.04 Å². The average Bonchev–Trinajstić information content (AvgIpc) is 2.65. The Hall–Kier alpha value is -2.46. The number of benzene rings is 2. The highest BCUT2D eigenvalue weighted by atomic mass is 79.9. The zero-order valence-electron chi connectivity index (χ0n) is 14.9. The van der Waals surface area contributed by atoms with Crippen LogP contribution < -0.4 is 9.88 Å². The maximum absolute atomic E-state index is 12.5. The molecule has 0 saturated heterocycles. The number of anilines is 1. The van der Waals surface area contributed by atoms with Crippen molar-refractivity contribution in [2.24, 2.45) is 0 Å². The molecule has 0 spiro atoms. The zero-order valence-corrected chi connectivity index (χ0v) is 16.5. The number of carbonyl (C=O) groups excluding carboxylic acids is 1. The van der Waals surface area contributed by atoms with Gasteiger partial charge in [0.25, 0.3) is 5.91 Å². The Morgan fingerprint density at radius 2 is 1.69 bits per heavy atom. The second kappa shape index (κ2) is 8.28. The van der Waals surface area contributed by atoms with Gasteiger partial charge in [0.05, 0.1) is 0 Å². The van der Waals surface area contributed by atoms with Crippen molar-refractivity contribution < 1.29 is 9.36 Å². The number of halogens is 1. The molecule has 1 heterocycles. The van der Waals surface area contributed by atoms with Gasteiger partial charge >= 0.3 is 0 Å². The standard InChI is InChI=1S/C22H21BrN2O/c1-16-14-20(8-9-21(16)23)24-22(26)17(2)25-12-10-19(11-13-25)15-18-6-4-3-5-7-18/h3-14,17H,15H2,1-2H3/p+1/t17-/m0/s1. The Bertz CT molecular complexity index is 892. The van der Waals surface area contributed by atoms with E-state index in [1.807, 2.05) is 55.1 Å². The van der Waals surface area contributed by atoms with E-state index in [4.69, 9.17) is 0 Å². The van der Waals surface area contributed by atoms with Crippen LogP contribution in [-0.2, 0) is 11.2 Å². The Kier molecular flexibility index (Phi) is 5.84. The van der Waals surface area contributed by atoms with Crippen LogP contribution in [0.1, 0.15) is 29.7 Å². The molecule has 1 N–H and O–H groups in total. The third kappa shape index (κ3) is 4.58. The van der Waals surface area contributed by atoms with Crippen LogP contribution in [0.4, 0.5) is 5.69 Å². The van der Waals surface area contributed by atoms with Crippen LogP contribution in [0.5, 0.6) is 0 Å². The monoisotopic (exact) mass is 409 g/mol. The molecular formula is C22H22BrN2O+. The zero-order chi connectivity index (χ0) is 18.5. The molecule has 1 aromatic heterocycles. The molecule has 4 heteroatoms. The number of nitrogens with one attached hydrogen (secondary N) is 1. The van der Waals surface area contributed by atoms with Crippen LogP contribution in [-0.4, -0.2) is 5.91 Å². The van der Waals surface area contributed by atoms with E-state index in [2.05, 4.69) is 57.6 Å². The number of amides is 1. The third-order valence-electron chi connectivity index (χ3n) is 4.42. The van der Waals surface area contributed by atoms with Gasteiger partial charge < -0.3 is 5.32 Å². The summed E-state index contributed by atoms with van der Waals surface area (Å²) in [5.41, 5.74) is 4.41. The van der Waals surface area contributed by atoms with Crippen molar-refractivity contribution in [3.05, 3.63) is 94.2 Å². The van der Waals surface area contributed by atoms with E-state index in [9.17, 15) is 4.79 Å². The van der Waals surface area contributed by atoms with Gasteiger partial charge in [-0.2, -0.15) is 4.57 Å². The lowest BCUT2D eigenvalue weighted by molar-refractivity contribution is -0.705. The van der Waals surface area contributed by atoms with Crippen molar-refractivity contribution >= 4 is 27.5 Å². The first-order valence-electron chi connectivity index (χ1n) is 8.63. The van der Waals surface area contributed by atoms with Crippen LogP contribution in [0.2, 0.25) is 0 Å². The molecule has 0 unspecified atom stereocenters. The summed E-state index contributed by atoms with van der Waals surface area (Å²) >= 11 is 3.47. The van der Waals surface area contributed by atoms with E-state index < -0.39 is 0 Å². The molecule has 26 heavy (non-hydrogen) atoms. The fourth-order valence-electron chi connectivity index (χ4n) is 2.78. The molecule has 0 radical (unpaired) electrons. The van der Waals surface area contributed by atoms with Crippen molar-refractivity contribution in [1.29, 1.82) is 0 Å². The number of rotatable bonds is 5. The first-order valence-corrected chi connectivity index (χ1v) is 9.43. The molecule has 0 aliphatic rings. The van der Waals surface area contributed by atoms with Crippen molar-refractivity contribution in [2.75, 3.05) is 5.32 Å². The number of nitrogens with zero attached hydrogens (tertiary/aromatic N) is 1. The lowest BCUT2D eigenvalue weighted by Crippen LogP contribution is -2.44. The molecule has 0 bridgehead atoms. The summed E-state index contributed by atoms with van der Waals surface area (Å²) in [6, 6.07) is 20.0. The highest BCUT2D eigenvalue weighted by molar-refractivity contribution is 9.10. The molecule has 1 amide bonds. The summed E-state index contributed by atoms with van der Waals surface area (Å²) in [7, 11) is 0. The second-order valence-electron chi connectivity index (χ2n) is 6.45. The van der Waals surface area contributed by atoms with Crippen LogP contribution in [0, 0.1) is 6.92 Å².